The third-order valence-corrected chi connectivity index (χ3v) is 3.04. The van der Waals surface area contributed by atoms with Crippen molar-refractivity contribution in [2.45, 2.75) is 0 Å². The Morgan fingerprint density at radius 2 is 2.00 bits per heavy atom. The molecular formula is C11H7N3O2S. The zero-order valence-electron chi connectivity index (χ0n) is 8.54. The second-order valence-electron chi connectivity index (χ2n) is 3.56. The molecule has 3 rings (SSSR count). The van der Waals surface area contributed by atoms with Gasteiger partial charge in [-0.05, 0) is 24.3 Å². The van der Waals surface area contributed by atoms with Gasteiger partial charge in [0.15, 0.2) is 0 Å². The first kappa shape index (κ1) is 9.98. The van der Waals surface area contributed by atoms with Gasteiger partial charge >= 0.3 is 5.97 Å². The Bertz CT molecular complexity index is 701. The molecule has 0 saturated heterocycles. The number of fused-ring (bicyclic) bond motifs is 1. The Morgan fingerprint density at radius 3 is 2.76 bits per heavy atom. The van der Waals surface area contributed by atoms with Gasteiger partial charge in [0.2, 0.25) is 0 Å². The predicted octanol–water partition coefficient (Wildman–Crippen LogP) is 2.38. The molecular weight excluding hydrogens is 238 g/mol. The van der Waals surface area contributed by atoms with Crippen molar-refractivity contribution in [3.05, 3.63) is 36.0 Å². The molecule has 2 N–H and O–H groups in total. The van der Waals surface area contributed by atoms with E-state index in [9.17, 15) is 4.79 Å². The van der Waals surface area contributed by atoms with Crippen LogP contribution in [0.1, 0.15) is 10.5 Å². The van der Waals surface area contributed by atoms with Crippen LogP contribution in [0.4, 0.5) is 0 Å². The summed E-state index contributed by atoms with van der Waals surface area (Å²) in [6.07, 6.45) is 0. The number of carboxylic acids is 1. The van der Waals surface area contributed by atoms with Crippen molar-refractivity contribution in [3.8, 4) is 11.3 Å². The van der Waals surface area contributed by atoms with Crippen molar-refractivity contribution in [3.63, 3.8) is 0 Å². The first-order valence-electron chi connectivity index (χ1n) is 4.89. The van der Waals surface area contributed by atoms with Crippen LogP contribution in [0, 0.1) is 0 Å². The standard InChI is InChI=1S/C11H7N3O2S/c15-11(16)9-4-3-7(12-9)6-1-2-8-10(5-6)14-17-13-8/h1-5,12H,(H,15,16). The van der Waals surface area contributed by atoms with Gasteiger partial charge in [-0.15, -0.1) is 0 Å². The van der Waals surface area contributed by atoms with Gasteiger partial charge in [0.25, 0.3) is 0 Å². The normalized spacial score (nSPS) is 10.8. The van der Waals surface area contributed by atoms with Gasteiger partial charge in [-0.1, -0.05) is 6.07 Å². The molecule has 2 heterocycles. The number of nitrogens with zero attached hydrogens (tertiary/aromatic N) is 2. The molecule has 0 spiro atoms. The van der Waals surface area contributed by atoms with Crippen LogP contribution in [0.15, 0.2) is 30.3 Å². The monoisotopic (exact) mass is 245 g/mol. The Morgan fingerprint density at radius 1 is 1.18 bits per heavy atom. The van der Waals surface area contributed by atoms with Gasteiger partial charge in [-0.3, -0.25) is 0 Å². The molecule has 0 aliphatic carbocycles. The van der Waals surface area contributed by atoms with E-state index < -0.39 is 5.97 Å². The van der Waals surface area contributed by atoms with E-state index in [1.54, 1.807) is 12.1 Å². The minimum atomic E-state index is -0.965. The smallest absolute Gasteiger partial charge is 0.352 e. The lowest BCUT2D eigenvalue weighted by molar-refractivity contribution is 0.0691. The average molecular weight is 245 g/mol. The van der Waals surface area contributed by atoms with E-state index in [1.807, 2.05) is 18.2 Å². The number of rotatable bonds is 2. The maximum atomic E-state index is 10.8. The van der Waals surface area contributed by atoms with E-state index in [1.165, 1.54) is 0 Å². The number of aromatic amines is 1. The lowest BCUT2D eigenvalue weighted by atomic mass is 10.1. The van der Waals surface area contributed by atoms with Crippen LogP contribution in [-0.4, -0.2) is 24.8 Å². The fourth-order valence-electron chi connectivity index (χ4n) is 1.64. The Kier molecular flexibility index (Phi) is 2.15. The second-order valence-corrected chi connectivity index (χ2v) is 4.09. The van der Waals surface area contributed by atoms with Gasteiger partial charge < -0.3 is 10.1 Å². The summed E-state index contributed by atoms with van der Waals surface area (Å²) in [5.41, 5.74) is 3.51. The fraction of sp³-hybridized carbons (Fsp3) is 0. The van der Waals surface area contributed by atoms with E-state index >= 15 is 0 Å². The molecule has 0 aliphatic rings. The highest BCUT2D eigenvalue weighted by Gasteiger charge is 2.08. The molecule has 0 bridgehead atoms. The predicted molar refractivity (Wildman–Crippen MR) is 64.2 cm³/mol. The number of hydrogen-bond acceptors (Lipinski definition) is 4. The van der Waals surface area contributed by atoms with Crippen molar-refractivity contribution in [2.24, 2.45) is 0 Å². The molecule has 2 aromatic heterocycles. The number of nitrogens with one attached hydrogen (secondary N) is 1. The van der Waals surface area contributed by atoms with Gasteiger partial charge in [-0.25, -0.2) is 4.79 Å². The van der Waals surface area contributed by atoms with Gasteiger partial charge in [0.1, 0.15) is 16.7 Å². The SMILES string of the molecule is O=C(O)c1ccc(-c2ccc3nsnc3c2)[nH]1. The zero-order valence-corrected chi connectivity index (χ0v) is 9.36. The largest absolute Gasteiger partial charge is 0.477 e. The topological polar surface area (TPSA) is 78.9 Å². The highest BCUT2D eigenvalue weighted by atomic mass is 32.1. The van der Waals surface area contributed by atoms with Gasteiger partial charge in [0, 0.05) is 11.3 Å². The molecule has 0 saturated carbocycles. The lowest BCUT2D eigenvalue weighted by Crippen LogP contribution is -1.95. The Balaban J connectivity index is 2.09. The Hall–Kier alpha value is -2.21. The number of benzene rings is 1. The zero-order chi connectivity index (χ0) is 11.8. The van der Waals surface area contributed by atoms with Crippen molar-refractivity contribution >= 4 is 28.7 Å². The van der Waals surface area contributed by atoms with E-state index in [-0.39, 0.29) is 5.69 Å². The van der Waals surface area contributed by atoms with Crippen molar-refractivity contribution in [2.75, 3.05) is 0 Å². The van der Waals surface area contributed by atoms with E-state index in [0.29, 0.717) is 0 Å². The molecule has 17 heavy (non-hydrogen) atoms. The molecule has 0 amide bonds. The minimum Gasteiger partial charge on any atom is -0.477 e. The summed E-state index contributed by atoms with van der Waals surface area (Å²) in [6, 6.07) is 8.93. The minimum absolute atomic E-state index is 0.177. The molecule has 0 radical (unpaired) electrons. The summed E-state index contributed by atoms with van der Waals surface area (Å²) in [6.45, 7) is 0. The third kappa shape index (κ3) is 1.68. The number of H-pyrrole nitrogens is 1. The first-order valence-corrected chi connectivity index (χ1v) is 5.62. The molecule has 5 nitrogen and oxygen atoms in total. The van der Waals surface area contributed by atoms with Gasteiger partial charge in [0.05, 0.1) is 11.7 Å². The first-order chi connectivity index (χ1) is 8.24. The molecule has 0 fully saturated rings. The van der Waals surface area contributed by atoms with Crippen LogP contribution in [0.2, 0.25) is 0 Å². The maximum Gasteiger partial charge on any atom is 0.352 e. The van der Waals surface area contributed by atoms with E-state index in [4.69, 9.17) is 5.11 Å². The number of aromatic nitrogens is 3. The molecule has 0 aliphatic heterocycles. The Labute approximate surface area is 100 Å². The number of carbonyl (C=O) groups is 1. The van der Waals surface area contributed by atoms with Crippen LogP contribution >= 0.6 is 11.7 Å². The molecule has 0 atom stereocenters. The van der Waals surface area contributed by atoms with Crippen molar-refractivity contribution in [1.29, 1.82) is 0 Å². The van der Waals surface area contributed by atoms with Crippen LogP contribution in [0.3, 0.4) is 0 Å². The lowest BCUT2D eigenvalue weighted by Gasteiger charge is -1.97. The molecule has 6 heteroatoms. The summed E-state index contributed by atoms with van der Waals surface area (Å²) in [5.74, 6) is -0.965. The summed E-state index contributed by atoms with van der Waals surface area (Å²) in [5, 5.41) is 8.83. The highest BCUT2D eigenvalue weighted by Crippen LogP contribution is 2.22. The quantitative estimate of drug-likeness (QED) is 0.726. The average Bonchev–Trinajstić information content (AvgIpc) is 2.97. The van der Waals surface area contributed by atoms with Crippen LogP contribution in [0.5, 0.6) is 0 Å². The van der Waals surface area contributed by atoms with Crippen molar-refractivity contribution in [1.82, 2.24) is 13.7 Å². The van der Waals surface area contributed by atoms with E-state index in [0.717, 1.165) is 34.0 Å². The third-order valence-electron chi connectivity index (χ3n) is 2.48. The van der Waals surface area contributed by atoms with Crippen LogP contribution in [-0.2, 0) is 0 Å². The molecule has 84 valence electrons. The maximum absolute atomic E-state index is 10.8. The number of carboxylic acid groups (broad SMARTS) is 1. The summed E-state index contributed by atoms with van der Waals surface area (Å²) in [7, 11) is 0. The molecule has 0 unspecified atom stereocenters. The van der Waals surface area contributed by atoms with E-state index in [2.05, 4.69) is 13.7 Å². The van der Waals surface area contributed by atoms with Crippen LogP contribution < -0.4 is 0 Å². The van der Waals surface area contributed by atoms with Gasteiger partial charge in [-0.2, -0.15) is 8.75 Å². The second kappa shape index (κ2) is 3.67. The van der Waals surface area contributed by atoms with Crippen LogP contribution in [0.25, 0.3) is 22.3 Å². The number of aromatic carboxylic acids is 1. The molecule has 3 aromatic rings. The van der Waals surface area contributed by atoms with Crippen molar-refractivity contribution < 1.29 is 9.90 Å². The molecule has 1 aromatic carbocycles. The highest BCUT2D eigenvalue weighted by molar-refractivity contribution is 7.00. The summed E-state index contributed by atoms with van der Waals surface area (Å²) in [4.78, 5) is 13.6. The summed E-state index contributed by atoms with van der Waals surface area (Å²) < 4.78 is 8.26. The number of hydrogen-bond donors (Lipinski definition) is 2. The fourth-order valence-corrected chi connectivity index (χ4v) is 2.16. The summed E-state index contributed by atoms with van der Waals surface area (Å²) >= 11 is 1.16.